The third-order valence-electron chi connectivity index (χ3n) is 6.40. The van der Waals surface area contributed by atoms with Gasteiger partial charge in [0.1, 0.15) is 0 Å². The van der Waals surface area contributed by atoms with Crippen LogP contribution in [0.1, 0.15) is 61.3 Å². The topological polar surface area (TPSA) is 98.2 Å². The van der Waals surface area contributed by atoms with Crippen LogP contribution in [0.5, 0.6) is 0 Å². The molecule has 0 spiro atoms. The lowest BCUT2D eigenvalue weighted by Gasteiger charge is -2.20. The quantitative estimate of drug-likeness (QED) is 0.450. The molecule has 35 heavy (non-hydrogen) atoms. The Bertz CT molecular complexity index is 1500. The minimum absolute atomic E-state index is 0.221. The molecule has 9 nitrogen and oxygen atoms in total. The Morgan fingerprint density at radius 2 is 1.97 bits per heavy atom. The van der Waals surface area contributed by atoms with Crippen molar-refractivity contribution in [3.8, 4) is 0 Å². The monoisotopic (exact) mass is 476 g/mol. The lowest BCUT2D eigenvalue weighted by molar-refractivity contribution is 0.102. The number of oxazole rings is 1. The van der Waals surface area contributed by atoms with Gasteiger partial charge in [0.05, 0.1) is 27.7 Å². The minimum atomic E-state index is -0.402. The van der Waals surface area contributed by atoms with Crippen LogP contribution in [0.2, 0.25) is 0 Å². The second kappa shape index (κ2) is 8.34. The van der Waals surface area contributed by atoms with Crippen molar-refractivity contribution in [1.29, 1.82) is 0 Å². The van der Waals surface area contributed by atoms with Crippen LogP contribution in [-0.4, -0.2) is 50.8 Å². The predicted molar refractivity (Wildman–Crippen MR) is 136 cm³/mol. The number of hydrogen-bond acceptors (Lipinski definition) is 6. The van der Waals surface area contributed by atoms with Crippen molar-refractivity contribution in [2.24, 2.45) is 0 Å². The molecule has 1 fully saturated rings. The summed E-state index contributed by atoms with van der Waals surface area (Å²) in [4.78, 5) is 32.9. The first kappa shape index (κ1) is 23.3. The Labute approximate surface area is 203 Å². The molecular weight excluding hydrogens is 444 g/mol. The molecule has 1 aromatic carbocycles. The summed E-state index contributed by atoms with van der Waals surface area (Å²) in [7, 11) is 3.90. The molecule has 0 bridgehead atoms. The molecule has 4 aromatic rings. The van der Waals surface area contributed by atoms with Crippen molar-refractivity contribution in [3.05, 3.63) is 51.8 Å². The average Bonchev–Trinajstić information content (AvgIpc) is 3.50. The summed E-state index contributed by atoms with van der Waals surface area (Å²) >= 11 is 0. The largest absolute Gasteiger partial charge is 0.419 e. The second-order valence-electron chi connectivity index (χ2n) is 10.7. The number of amides is 1. The Kier molecular flexibility index (Phi) is 5.55. The number of carbonyl (C=O) groups is 1. The van der Waals surface area contributed by atoms with E-state index >= 15 is 0 Å². The van der Waals surface area contributed by atoms with E-state index < -0.39 is 5.76 Å². The molecule has 1 amide bonds. The second-order valence-corrected chi connectivity index (χ2v) is 10.7. The molecule has 0 atom stereocenters. The summed E-state index contributed by atoms with van der Waals surface area (Å²) < 4.78 is 8.90. The Balaban J connectivity index is 1.55. The number of hydrogen-bond donors (Lipinski definition) is 1. The number of nitrogens with one attached hydrogen (secondary N) is 1. The molecule has 184 valence electrons. The summed E-state index contributed by atoms with van der Waals surface area (Å²) in [6.45, 7) is 9.36. The van der Waals surface area contributed by atoms with Crippen LogP contribution in [-0.2, 0) is 12.1 Å². The van der Waals surface area contributed by atoms with Crippen molar-refractivity contribution in [3.63, 3.8) is 0 Å². The number of likely N-dealkylation sites (N-methyl/N-ethyl adjacent to an activating group) is 1. The first-order valence-corrected chi connectivity index (χ1v) is 12.0. The molecule has 0 saturated heterocycles. The third-order valence-corrected chi connectivity index (χ3v) is 6.40. The first-order chi connectivity index (χ1) is 16.5. The number of rotatable bonds is 6. The van der Waals surface area contributed by atoms with Gasteiger partial charge in [0.2, 0.25) is 0 Å². The van der Waals surface area contributed by atoms with Crippen molar-refractivity contribution in [2.45, 2.75) is 58.5 Å². The van der Waals surface area contributed by atoms with Gasteiger partial charge in [0, 0.05) is 30.4 Å². The van der Waals surface area contributed by atoms with Gasteiger partial charge in [0.15, 0.2) is 11.2 Å². The third kappa shape index (κ3) is 4.36. The highest BCUT2D eigenvalue weighted by Gasteiger charge is 2.30. The molecule has 9 heteroatoms. The lowest BCUT2D eigenvalue weighted by Crippen LogP contribution is -2.24. The van der Waals surface area contributed by atoms with Gasteiger partial charge < -0.3 is 14.6 Å². The van der Waals surface area contributed by atoms with Crippen LogP contribution in [0.15, 0.2) is 33.5 Å². The van der Waals surface area contributed by atoms with Gasteiger partial charge in [-0.1, -0.05) is 0 Å². The van der Waals surface area contributed by atoms with Gasteiger partial charge in [-0.25, -0.2) is 14.5 Å². The average molecular weight is 477 g/mol. The van der Waals surface area contributed by atoms with E-state index in [4.69, 9.17) is 14.5 Å². The van der Waals surface area contributed by atoms with E-state index in [2.05, 4.69) is 26.1 Å². The van der Waals surface area contributed by atoms with Crippen molar-refractivity contribution in [2.75, 3.05) is 26.0 Å². The number of pyridine rings is 1. The predicted octanol–water partition coefficient (Wildman–Crippen LogP) is 4.09. The molecule has 1 aliphatic rings. The maximum Gasteiger partial charge on any atom is 0.419 e. The highest BCUT2D eigenvalue weighted by atomic mass is 16.4. The van der Waals surface area contributed by atoms with Gasteiger partial charge in [-0.15, -0.1) is 0 Å². The fraction of sp³-hybridized carbons (Fsp3) is 0.462. The number of carbonyl (C=O) groups excluding carboxylic acids is 1. The highest BCUT2D eigenvalue weighted by Crippen LogP contribution is 2.41. The summed E-state index contributed by atoms with van der Waals surface area (Å²) in [5.74, 6) is -0.232. The summed E-state index contributed by atoms with van der Waals surface area (Å²) in [6, 6.07) is 7.18. The summed E-state index contributed by atoms with van der Waals surface area (Å²) in [5, 5.41) is 8.55. The molecule has 3 aromatic heterocycles. The number of aryl methyl sites for hydroxylation is 1. The van der Waals surface area contributed by atoms with Gasteiger partial charge in [-0.05, 0) is 78.9 Å². The van der Waals surface area contributed by atoms with Crippen LogP contribution in [0.25, 0.3) is 22.1 Å². The molecule has 5 rings (SSSR count). The van der Waals surface area contributed by atoms with Crippen molar-refractivity contribution < 1.29 is 9.21 Å². The molecule has 0 aliphatic heterocycles. The number of nitrogens with zero attached hydrogens (tertiary/aromatic N) is 5. The summed E-state index contributed by atoms with van der Waals surface area (Å²) in [5.41, 5.74) is 4.52. The van der Waals surface area contributed by atoms with E-state index in [9.17, 15) is 9.59 Å². The minimum Gasteiger partial charge on any atom is -0.408 e. The van der Waals surface area contributed by atoms with E-state index in [0.717, 1.165) is 35.3 Å². The highest BCUT2D eigenvalue weighted by molar-refractivity contribution is 6.13. The van der Waals surface area contributed by atoms with E-state index in [1.54, 1.807) is 22.8 Å². The number of anilines is 1. The zero-order valence-corrected chi connectivity index (χ0v) is 21.2. The smallest absolute Gasteiger partial charge is 0.408 e. The van der Waals surface area contributed by atoms with Gasteiger partial charge >= 0.3 is 5.76 Å². The number of fused-ring (bicyclic) bond motifs is 2. The van der Waals surface area contributed by atoms with E-state index in [1.807, 2.05) is 36.7 Å². The Hall–Kier alpha value is -3.46. The molecular formula is C26H32N6O3. The maximum absolute atomic E-state index is 13.6. The van der Waals surface area contributed by atoms with Crippen LogP contribution >= 0.6 is 0 Å². The van der Waals surface area contributed by atoms with Gasteiger partial charge in [0.25, 0.3) is 5.91 Å². The standard InChI is InChI=1S/C26H32N6O3/c1-15-22-18(14-19(16-7-8-16)28-23(22)32(29-15)26(2,3)4)24(33)27-17-9-10-21-20(13-17)31(25(34)35-21)12-11-30(5)6/h9-10,13-14,16H,7-8,11-12H2,1-6H3,(H,27,33). The zero-order valence-electron chi connectivity index (χ0n) is 21.2. The SMILES string of the molecule is Cc1nn(C(C)(C)C)c2nc(C3CC3)cc(C(=O)Nc3ccc4oc(=O)n(CCN(C)C)c4c3)c12. The van der Waals surface area contributed by atoms with Gasteiger partial charge in [-0.2, -0.15) is 5.10 Å². The molecule has 0 radical (unpaired) electrons. The number of aromatic nitrogens is 4. The van der Waals surface area contributed by atoms with E-state index in [0.29, 0.717) is 41.4 Å². The fourth-order valence-electron chi connectivity index (χ4n) is 4.39. The van der Waals surface area contributed by atoms with Crippen LogP contribution < -0.4 is 11.1 Å². The zero-order chi connectivity index (χ0) is 25.1. The van der Waals surface area contributed by atoms with E-state index in [1.165, 1.54) is 0 Å². The van der Waals surface area contributed by atoms with Crippen molar-refractivity contribution >= 4 is 33.7 Å². The maximum atomic E-state index is 13.6. The first-order valence-electron chi connectivity index (χ1n) is 12.0. The number of benzene rings is 1. The molecule has 1 saturated carbocycles. The molecule has 3 heterocycles. The molecule has 1 aliphatic carbocycles. The normalized spacial score (nSPS) is 14.4. The van der Waals surface area contributed by atoms with Crippen LogP contribution in [0.3, 0.4) is 0 Å². The fourth-order valence-corrected chi connectivity index (χ4v) is 4.39. The van der Waals surface area contributed by atoms with Gasteiger partial charge in [-0.3, -0.25) is 9.36 Å². The Morgan fingerprint density at radius 1 is 1.23 bits per heavy atom. The lowest BCUT2D eigenvalue weighted by atomic mass is 10.1. The van der Waals surface area contributed by atoms with Crippen LogP contribution in [0.4, 0.5) is 5.69 Å². The molecule has 0 unspecified atom stereocenters. The molecule has 1 N–H and O–H groups in total. The van der Waals surface area contributed by atoms with E-state index in [-0.39, 0.29) is 11.4 Å². The Morgan fingerprint density at radius 3 is 2.63 bits per heavy atom. The van der Waals surface area contributed by atoms with Crippen molar-refractivity contribution in [1.82, 2.24) is 24.2 Å². The van der Waals surface area contributed by atoms with Crippen LogP contribution in [0, 0.1) is 6.92 Å². The summed E-state index contributed by atoms with van der Waals surface area (Å²) in [6.07, 6.45) is 2.17.